The standard InChI is InChI=1S/C21H15ClO/c22-21-9-5-4-8-20(21)19(15-23)14-16-10-12-18(13-11-16)17-6-2-1-3-7-17/h1-15H. The second-order valence-corrected chi connectivity index (χ2v) is 5.59. The molecule has 0 radical (unpaired) electrons. The largest absolute Gasteiger partial charge is 0.298 e. The minimum atomic E-state index is 0.572. The Bertz CT molecular complexity index is 833. The Morgan fingerprint density at radius 3 is 2.00 bits per heavy atom. The smallest absolute Gasteiger partial charge is 0.150 e. The molecule has 0 aliphatic carbocycles. The summed E-state index contributed by atoms with van der Waals surface area (Å²) in [7, 11) is 0. The summed E-state index contributed by atoms with van der Waals surface area (Å²) in [6, 6.07) is 25.7. The van der Waals surface area contributed by atoms with E-state index in [1.54, 1.807) is 6.07 Å². The summed E-state index contributed by atoms with van der Waals surface area (Å²) >= 11 is 6.17. The van der Waals surface area contributed by atoms with Gasteiger partial charge in [-0.05, 0) is 28.8 Å². The normalized spacial score (nSPS) is 11.3. The number of allylic oxidation sites excluding steroid dienone is 1. The quantitative estimate of drug-likeness (QED) is 0.340. The second kappa shape index (κ2) is 7.08. The Kier molecular flexibility index (Phi) is 4.70. The van der Waals surface area contributed by atoms with E-state index in [1.807, 2.05) is 54.6 Å². The maximum Gasteiger partial charge on any atom is 0.150 e. The highest BCUT2D eigenvalue weighted by Crippen LogP contribution is 2.25. The summed E-state index contributed by atoms with van der Waals surface area (Å²) in [5.74, 6) is 0. The molecule has 3 rings (SSSR count). The first kappa shape index (κ1) is 15.3. The van der Waals surface area contributed by atoms with Gasteiger partial charge in [0.05, 0.1) is 0 Å². The number of carbonyl (C=O) groups excluding carboxylic acids is 1. The Morgan fingerprint density at radius 2 is 1.35 bits per heavy atom. The van der Waals surface area contributed by atoms with Gasteiger partial charge in [-0.3, -0.25) is 4.79 Å². The molecular weight excluding hydrogens is 304 g/mol. The van der Waals surface area contributed by atoms with Gasteiger partial charge >= 0.3 is 0 Å². The number of carbonyl (C=O) groups is 1. The number of aldehydes is 1. The van der Waals surface area contributed by atoms with Crippen LogP contribution in [0.4, 0.5) is 0 Å². The third kappa shape index (κ3) is 3.58. The Morgan fingerprint density at radius 1 is 0.739 bits per heavy atom. The van der Waals surface area contributed by atoms with Crippen molar-refractivity contribution in [2.45, 2.75) is 0 Å². The molecular formula is C21H15ClO. The molecule has 0 fully saturated rings. The molecule has 112 valence electrons. The highest BCUT2D eigenvalue weighted by Gasteiger charge is 2.05. The Labute approximate surface area is 140 Å². The Hall–Kier alpha value is -2.64. The lowest BCUT2D eigenvalue weighted by Crippen LogP contribution is -1.87. The van der Waals surface area contributed by atoms with E-state index in [-0.39, 0.29) is 0 Å². The average Bonchev–Trinajstić information content (AvgIpc) is 2.62. The maximum atomic E-state index is 11.4. The van der Waals surface area contributed by atoms with Crippen molar-refractivity contribution in [2.75, 3.05) is 0 Å². The van der Waals surface area contributed by atoms with Crippen molar-refractivity contribution in [3.63, 3.8) is 0 Å². The van der Waals surface area contributed by atoms with E-state index in [0.29, 0.717) is 10.6 Å². The summed E-state index contributed by atoms with van der Waals surface area (Å²) in [5, 5.41) is 0.576. The Balaban J connectivity index is 1.93. The number of benzene rings is 3. The number of hydrogen-bond acceptors (Lipinski definition) is 1. The van der Waals surface area contributed by atoms with E-state index >= 15 is 0 Å². The molecule has 0 bridgehead atoms. The van der Waals surface area contributed by atoms with E-state index < -0.39 is 0 Å². The van der Waals surface area contributed by atoms with Crippen molar-refractivity contribution in [1.82, 2.24) is 0 Å². The zero-order valence-electron chi connectivity index (χ0n) is 12.4. The monoisotopic (exact) mass is 318 g/mol. The van der Waals surface area contributed by atoms with Crippen LogP contribution in [0.2, 0.25) is 5.02 Å². The minimum Gasteiger partial charge on any atom is -0.298 e. The van der Waals surface area contributed by atoms with Crippen molar-refractivity contribution in [1.29, 1.82) is 0 Å². The van der Waals surface area contributed by atoms with Crippen LogP contribution in [0.25, 0.3) is 22.8 Å². The van der Waals surface area contributed by atoms with Crippen LogP contribution in [0.1, 0.15) is 11.1 Å². The fourth-order valence-corrected chi connectivity index (χ4v) is 2.70. The van der Waals surface area contributed by atoms with Gasteiger partial charge in [-0.25, -0.2) is 0 Å². The van der Waals surface area contributed by atoms with Gasteiger partial charge in [0.15, 0.2) is 6.29 Å². The van der Waals surface area contributed by atoms with Gasteiger partial charge in [0.2, 0.25) is 0 Å². The van der Waals surface area contributed by atoms with Crippen molar-refractivity contribution in [3.8, 4) is 11.1 Å². The summed E-state index contributed by atoms with van der Waals surface area (Å²) in [6.45, 7) is 0. The van der Waals surface area contributed by atoms with Gasteiger partial charge in [-0.1, -0.05) is 84.4 Å². The lowest BCUT2D eigenvalue weighted by molar-refractivity contribution is -0.103. The van der Waals surface area contributed by atoms with Crippen molar-refractivity contribution in [3.05, 3.63) is 95.0 Å². The summed E-state index contributed by atoms with van der Waals surface area (Å²) in [6.07, 6.45) is 2.69. The highest BCUT2D eigenvalue weighted by atomic mass is 35.5. The second-order valence-electron chi connectivity index (χ2n) is 5.19. The molecule has 0 heterocycles. The van der Waals surface area contributed by atoms with Crippen LogP contribution >= 0.6 is 11.6 Å². The summed E-state index contributed by atoms with van der Waals surface area (Å²) in [4.78, 5) is 11.4. The van der Waals surface area contributed by atoms with E-state index in [4.69, 9.17) is 11.6 Å². The van der Waals surface area contributed by atoms with Gasteiger partial charge in [-0.2, -0.15) is 0 Å². The SMILES string of the molecule is O=CC(=Cc1ccc(-c2ccccc2)cc1)c1ccccc1Cl. The third-order valence-corrected chi connectivity index (χ3v) is 3.98. The topological polar surface area (TPSA) is 17.1 Å². The minimum absolute atomic E-state index is 0.572. The lowest BCUT2D eigenvalue weighted by atomic mass is 10.0. The van der Waals surface area contributed by atoms with Gasteiger partial charge in [0, 0.05) is 16.2 Å². The maximum absolute atomic E-state index is 11.4. The molecule has 0 atom stereocenters. The molecule has 0 unspecified atom stereocenters. The zero-order chi connectivity index (χ0) is 16.1. The summed E-state index contributed by atoms with van der Waals surface area (Å²) < 4.78 is 0. The van der Waals surface area contributed by atoms with Crippen LogP contribution < -0.4 is 0 Å². The predicted molar refractivity (Wildman–Crippen MR) is 97.3 cm³/mol. The van der Waals surface area contributed by atoms with Gasteiger partial charge in [0.1, 0.15) is 0 Å². The third-order valence-electron chi connectivity index (χ3n) is 3.65. The average molecular weight is 319 g/mol. The fourth-order valence-electron chi connectivity index (χ4n) is 2.45. The van der Waals surface area contributed by atoms with Gasteiger partial charge < -0.3 is 0 Å². The summed E-state index contributed by atoms with van der Waals surface area (Å²) in [5.41, 5.74) is 4.60. The van der Waals surface area contributed by atoms with E-state index in [0.717, 1.165) is 23.0 Å². The molecule has 0 saturated heterocycles. The van der Waals surface area contributed by atoms with E-state index in [1.165, 1.54) is 5.56 Å². The molecule has 0 N–H and O–H groups in total. The predicted octanol–water partition coefficient (Wildman–Crippen LogP) is 5.75. The highest BCUT2D eigenvalue weighted by molar-refractivity contribution is 6.34. The van der Waals surface area contributed by atoms with Crippen LogP contribution in [-0.2, 0) is 4.79 Å². The van der Waals surface area contributed by atoms with Crippen LogP contribution in [0.3, 0.4) is 0 Å². The first-order valence-corrected chi connectivity index (χ1v) is 7.73. The van der Waals surface area contributed by atoms with Crippen LogP contribution in [0.5, 0.6) is 0 Å². The molecule has 2 heteroatoms. The first-order valence-electron chi connectivity index (χ1n) is 7.35. The molecule has 0 aliphatic heterocycles. The molecule has 3 aromatic carbocycles. The van der Waals surface area contributed by atoms with Crippen molar-refractivity contribution >= 4 is 29.5 Å². The lowest BCUT2D eigenvalue weighted by Gasteiger charge is -2.05. The van der Waals surface area contributed by atoms with Crippen LogP contribution in [-0.4, -0.2) is 6.29 Å². The molecule has 0 saturated carbocycles. The van der Waals surface area contributed by atoms with Crippen LogP contribution in [0, 0.1) is 0 Å². The molecule has 3 aromatic rings. The van der Waals surface area contributed by atoms with E-state index in [9.17, 15) is 4.79 Å². The number of halogens is 1. The molecule has 0 aromatic heterocycles. The van der Waals surface area contributed by atoms with E-state index in [2.05, 4.69) is 24.3 Å². The van der Waals surface area contributed by atoms with Crippen molar-refractivity contribution < 1.29 is 4.79 Å². The van der Waals surface area contributed by atoms with Crippen LogP contribution in [0.15, 0.2) is 78.9 Å². The van der Waals surface area contributed by atoms with Gasteiger partial charge in [0.25, 0.3) is 0 Å². The molecule has 0 aliphatic rings. The molecule has 1 nitrogen and oxygen atoms in total. The number of hydrogen-bond donors (Lipinski definition) is 0. The molecule has 23 heavy (non-hydrogen) atoms. The first-order chi connectivity index (χ1) is 11.3. The molecule has 0 spiro atoms. The molecule has 0 amide bonds. The fraction of sp³-hybridized carbons (Fsp3) is 0. The number of rotatable bonds is 4. The van der Waals surface area contributed by atoms with Gasteiger partial charge in [-0.15, -0.1) is 0 Å². The van der Waals surface area contributed by atoms with Crippen molar-refractivity contribution in [2.24, 2.45) is 0 Å². The zero-order valence-corrected chi connectivity index (χ0v) is 13.2.